The van der Waals surface area contributed by atoms with Crippen LogP contribution in [0.2, 0.25) is 0 Å². The number of nitrogens with one attached hydrogen (secondary N) is 1. The first-order chi connectivity index (χ1) is 8.36. The summed E-state index contributed by atoms with van der Waals surface area (Å²) in [7, 11) is -9.69. The minimum absolute atomic E-state index is 0.0122. The Labute approximate surface area is 105 Å². The molecule has 1 aromatic rings. The molecule has 0 spiro atoms. The van der Waals surface area contributed by atoms with Gasteiger partial charge in [0.15, 0.2) is 0 Å². The average molecular weight is 303 g/mol. The predicted molar refractivity (Wildman–Crippen MR) is 61.2 cm³/mol. The molecule has 1 atom stereocenters. The van der Waals surface area contributed by atoms with Crippen LogP contribution in [-0.2, 0) is 11.2 Å². The molecular weight excluding hydrogens is 293 g/mol. The van der Waals surface area contributed by atoms with E-state index >= 15 is 0 Å². The molecule has 0 fully saturated rings. The van der Waals surface area contributed by atoms with Crippen LogP contribution in [0.25, 0.3) is 0 Å². The van der Waals surface area contributed by atoms with Gasteiger partial charge in [-0.15, -0.1) is 0 Å². The fourth-order valence-corrected chi connectivity index (χ4v) is 2.55. The topological polar surface area (TPSA) is 49.3 Å². The maximum absolute atomic E-state index is 12.6. The highest BCUT2D eigenvalue weighted by molar-refractivity contribution is 8.45. The minimum atomic E-state index is -9.69. The van der Waals surface area contributed by atoms with Crippen LogP contribution in [-0.4, -0.2) is 17.6 Å². The smallest absolute Gasteiger partial charge is 0.310 e. The summed E-state index contributed by atoms with van der Waals surface area (Å²) in [5.74, 6) is -1.87. The van der Waals surface area contributed by atoms with Crippen molar-refractivity contribution in [2.45, 2.75) is 11.3 Å². The summed E-state index contributed by atoms with van der Waals surface area (Å²) in [6.45, 7) is -0.0912. The Bertz CT molecular complexity index is 556. The molecule has 1 aliphatic rings. The van der Waals surface area contributed by atoms with E-state index in [2.05, 4.69) is 5.32 Å². The molecule has 0 saturated carbocycles. The zero-order chi connectivity index (χ0) is 14.5. The summed E-state index contributed by atoms with van der Waals surface area (Å²) in [5, 5.41) is 11.2. The van der Waals surface area contributed by atoms with Crippen LogP contribution in [0, 0.1) is 5.92 Å². The van der Waals surface area contributed by atoms with Gasteiger partial charge in [0.2, 0.25) is 0 Å². The van der Waals surface area contributed by atoms with Gasteiger partial charge < -0.3 is 10.4 Å². The zero-order valence-electron chi connectivity index (χ0n) is 9.38. The monoisotopic (exact) mass is 303 g/mol. The van der Waals surface area contributed by atoms with Crippen LogP contribution in [0.4, 0.5) is 25.1 Å². The maximum atomic E-state index is 12.6. The van der Waals surface area contributed by atoms with Crippen molar-refractivity contribution in [3.63, 3.8) is 0 Å². The van der Waals surface area contributed by atoms with Crippen molar-refractivity contribution in [2.24, 2.45) is 5.92 Å². The van der Waals surface area contributed by atoms with Crippen LogP contribution in [0.5, 0.6) is 0 Å². The second-order valence-electron chi connectivity index (χ2n) is 4.41. The second kappa shape index (κ2) is 3.33. The molecule has 0 saturated heterocycles. The predicted octanol–water partition coefficient (Wildman–Crippen LogP) is 4.01. The van der Waals surface area contributed by atoms with Crippen molar-refractivity contribution in [1.29, 1.82) is 0 Å². The SMILES string of the molecule is O=C(O)[C@H]1CNc2cc(S(F)(F)(F)(F)F)ccc2C1. The molecule has 1 aliphatic heterocycles. The van der Waals surface area contributed by atoms with Gasteiger partial charge in [0, 0.05) is 12.2 Å². The Hall–Kier alpha value is -1.51. The molecule has 0 unspecified atom stereocenters. The van der Waals surface area contributed by atoms with E-state index in [-0.39, 0.29) is 24.2 Å². The van der Waals surface area contributed by atoms with E-state index in [0.29, 0.717) is 12.1 Å². The maximum Gasteiger partial charge on any atom is 0.310 e. The molecule has 108 valence electrons. The number of hydrogen-bond donors (Lipinski definition) is 2. The second-order valence-corrected chi connectivity index (χ2v) is 6.82. The van der Waals surface area contributed by atoms with Crippen LogP contribution in [0.1, 0.15) is 5.56 Å². The molecule has 19 heavy (non-hydrogen) atoms. The van der Waals surface area contributed by atoms with Gasteiger partial charge in [0.05, 0.1) is 5.92 Å². The number of rotatable bonds is 2. The number of carbonyl (C=O) groups is 1. The first-order valence-corrected chi connectivity index (χ1v) is 7.15. The molecule has 9 heteroatoms. The Morgan fingerprint density at radius 1 is 1.26 bits per heavy atom. The van der Waals surface area contributed by atoms with E-state index in [4.69, 9.17) is 5.11 Å². The number of anilines is 1. The fraction of sp³-hybridized carbons (Fsp3) is 0.300. The number of carboxylic acid groups (broad SMARTS) is 1. The highest BCUT2D eigenvalue weighted by atomic mass is 32.5. The molecular formula is C10H10F5NO2S. The van der Waals surface area contributed by atoms with Gasteiger partial charge in [0.1, 0.15) is 4.90 Å². The number of hydrogen-bond acceptors (Lipinski definition) is 2. The zero-order valence-corrected chi connectivity index (χ0v) is 10.2. The van der Waals surface area contributed by atoms with Crippen molar-refractivity contribution < 1.29 is 29.3 Å². The lowest BCUT2D eigenvalue weighted by atomic mass is 9.94. The number of halogens is 5. The van der Waals surface area contributed by atoms with E-state index in [9.17, 15) is 24.2 Å². The average Bonchev–Trinajstić information content (AvgIpc) is 2.24. The summed E-state index contributed by atoms with van der Waals surface area (Å²) in [4.78, 5) is 8.79. The van der Waals surface area contributed by atoms with Gasteiger partial charge in [-0.1, -0.05) is 25.5 Å². The Morgan fingerprint density at radius 3 is 2.42 bits per heavy atom. The van der Waals surface area contributed by atoms with Gasteiger partial charge in [-0.3, -0.25) is 4.79 Å². The van der Waals surface area contributed by atoms with E-state index in [1.54, 1.807) is 0 Å². The van der Waals surface area contributed by atoms with E-state index < -0.39 is 27.0 Å². The number of benzene rings is 1. The summed E-state index contributed by atoms with van der Waals surface area (Å²) >= 11 is 0. The Balaban J connectivity index is 2.42. The Morgan fingerprint density at radius 2 is 1.89 bits per heavy atom. The third-order valence-electron chi connectivity index (χ3n) is 2.88. The fourth-order valence-electron chi connectivity index (χ4n) is 1.88. The van der Waals surface area contributed by atoms with Crippen molar-refractivity contribution >= 4 is 21.9 Å². The lowest BCUT2D eigenvalue weighted by Crippen LogP contribution is -2.29. The third-order valence-corrected chi connectivity index (χ3v) is 4.03. The van der Waals surface area contributed by atoms with E-state index in [1.807, 2.05) is 0 Å². The molecule has 0 aliphatic carbocycles. The van der Waals surface area contributed by atoms with Crippen LogP contribution in [0.3, 0.4) is 0 Å². The van der Waals surface area contributed by atoms with Gasteiger partial charge in [-0.05, 0) is 24.1 Å². The van der Waals surface area contributed by atoms with Crippen molar-refractivity contribution in [3.8, 4) is 0 Å². The van der Waals surface area contributed by atoms with Gasteiger partial charge in [-0.2, -0.15) is 0 Å². The summed E-state index contributed by atoms with van der Waals surface area (Å²) in [6, 6.07) is 1.53. The third kappa shape index (κ3) is 2.91. The molecule has 2 N–H and O–H groups in total. The van der Waals surface area contributed by atoms with Crippen LogP contribution in [0.15, 0.2) is 23.1 Å². The van der Waals surface area contributed by atoms with Gasteiger partial charge in [0.25, 0.3) is 0 Å². The van der Waals surface area contributed by atoms with E-state index in [0.717, 1.165) is 6.07 Å². The minimum Gasteiger partial charge on any atom is -0.481 e. The number of carboxylic acids is 1. The largest absolute Gasteiger partial charge is 0.481 e. The van der Waals surface area contributed by atoms with Gasteiger partial charge in [-0.25, -0.2) is 0 Å². The molecule has 0 radical (unpaired) electrons. The highest BCUT2D eigenvalue weighted by Crippen LogP contribution is 3.02. The highest BCUT2D eigenvalue weighted by Gasteiger charge is 2.65. The van der Waals surface area contributed by atoms with E-state index in [1.165, 1.54) is 0 Å². The molecule has 1 aromatic carbocycles. The Kier molecular flexibility index (Phi) is 2.44. The summed E-state index contributed by atoms with van der Waals surface area (Å²) < 4.78 is 63.0. The van der Waals surface area contributed by atoms with Crippen LogP contribution >= 0.6 is 10.2 Å². The molecule has 0 amide bonds. The molecule has 0 bridgehead atoms. The van der Waals surface area contributed by atoms with Crippen molar-refractivity contribution in [1.82, 2.24) is 0 Å². The van der Waals surface area contributed by atoms with Crippen molar-refractivity contribution in [3.05, 3.63) is 23.8 Å². The van der Waals surface area contributed by atoms with Gasteiger partial charge >= 0.3 is 16.2 Å². The number of aliphatic carboxylic acids is 1. The lowest BCUT2D eigenvalue weighted by molar-refractivity contribution is -0.141. The van der Waals surface area contributed by atoms with Crippen molar-refractivity contribution in [2.75, 3.05) is 11.9 Å². The first kappa shape index (κ1) is 13.9. The lowest BCUT2D eigenvalue weighted by Gasteiger charge is -2.41. The molecule has 2 rings (SSSR count). The standard InChI is InChI=1S/C10H10F5NO2S/c11-19(12,13,14,15)8-2-1-6-3-7(10(17)18)5-16-9(6)4-8/h1-2,4,7,16H,3,5H2,(H,17,18)/t7-/m1/s1. The first-order valence-electron chi connectivity index (χ1n) is 5.20. The molecule has 1 heterocycles. The molecule has 3 nitrogen and oxygen atoms in total. The normalized spacial score (nSPS) is 22.7. The summed E-state index contributed by atoms with van der Waals surface area (Å²) in [6.07, 6.45) is 0.0122. The van der Waals surface area contributed by atoms with Crippen LogP contribution < -0.4 is 5.32 Å². The number of fused-ring (bicyclic) bond motifs is 1. The quantitative estimate of drug-likeness (QED) is 0.812. The molecule has 0 aromatic heterocycles. The summed E-state index contributed by atoms with van der Waals surface area (Å²) in [5.41, 5.74) is 0.188.